The first-order valence-electron chi connectivity index (χ1n) is 10.6. The molecule has 0 aromatic carbocycles. The van der Waals surface area contributed by atoms with E-state index in [0.29, 0.717) is 13.0 Å². The number of ether oxygens (including phenoxy) is 1. The minimum atomic E-state index is -0.445. The molecule has 1 atom stereocenters. The van der Waals surface area contributed by atoms with Gasteiger partial charge in [-0.15, -0.1) is 0 Å². The Labute approximate surface area is 189 Å². The normalized spacial score (nSPS) is 11.8. The van der Waals surface area contributed by atoms with Gasteiger partial charge in [0.15, 0.2) is 0 Å². The number of unbranched alkanes of at least 4 members (excludes halogenated alkanes) is 13. The predicted octanol–water partition coefficient (Wildman–Crippen LogP) is 5.44. The van der Waals surface area contributed by atoms with Crippen molar-refractivity contribution >= 4 is 47.3 Å². The average Bonchev–Trinajstić information content (AvgIpc) is 2.62. The van der Waals surface area contributed by atoms with Crippen molar-refractivity contribution in [2.45, 2.75) is 109 Å². The van der Waals surface area contributed by atoms with E-state index in [-0.39, 0.29) is 35.5 Å². The maximum atomic E-state index is 11.6. The van der Waals surface area contributed by atoms with Crippen LogP contribution in [0.2, 0.25) is 0 Å². The molecule has 3 nitrogen and oxygen atoms in total. The van der Waals surface area contributed by atoms with Crippen LogP contribution in [0.25, 0.3) is 0 Å². The molecule has 0 aromatic heterocycles. The molecular weight excluding hydrogens is 353 g/mol. The van der Waals surface area contributed by atoms with E-state index in [1.54, 1.807) is 11.8 Å². The molecule has 0 saturated heterocycles. The Morgan fingerprint density at radius 1 is 0.846 bits per heavy atom. The molecule has 0 radical (unpaired) electrons. The first-order valence-corrected chi connectivity index (χ1v) is 12.0. The summed E-state index contributed by atoms with van der Waals surface area (Å²) >= 11 is 1.71. The fourth-order valence-corrected chi connectivity index (χ4v) is 3.43. The van der Waals surface area contributed by atoms with Crippen molar-refractivity contribution in [1.82, 2.24) is 0 Å². The number of nitrogens with two attached hydrogens (primary N) is 1. The third-order valence-electron chi connectivity index (χ3n) is 4.68. The summed E-state index contributed by atoms with van der Waals surface area (Å²) in [7, 11) is 0. The van der Waals surface area contributed by atoms with Gasteiger partial charge in [-0.3, -0.25) is 4.79 Å². The molecule has 0 fully saturated rings. The number of rotatable bonds is 19. The minimum absolute atomic E-state index is 0. The summed E-state index contributed by atoms with van der Waals surface area (Å²) in [6, 6.07) is -0.445. The second-order valence-electron chi connectivity index (χ2n) is 7.15. The van der Waals surface area contributed by atoms with Crippen LogP contribution in [0.3, 0.4) is 0 Å². The molecule has 0 rings (SSSR count). The van der Waals surface area contributed by atoms with Gasteiger partial charge in [-0.1, -0.05) is 90.4 Å². The molecule has 0 aliphatic heterocycles. The van der Waals surface area contributed by atoms with E-state index in [9.17, 15) is 4.79 Å². The van der Waals surface area contributed by atoms with Gasteiger partial charge in [-0.05, 0) is 24.9 Å². The molecule has 5 heteroatoms. The van der Waals surface area contributed by atoms with E-state index in [0.717, 1.165) is 18.6 Å². The Morgan fingerprint density at radius 3 is 1.69 bits per heavy atom. The van der Waals surface area contributed by atoms with Gasteiger partial charge < -0.3 is 10.5 Å². The Bertz CT molecular complexity index is 293. The van der Waals surface area contributed by atoms with E-state index >= 15 is 0 Å². The van der Waals surface area contributed by atoms with Crippen LogP contribution in [0.1, 0.15) is 103 Å². The molecule has 2 N–H and O–H groups in total. The van der Waals surface area contributed by atoms with Crippen LogP contribution in [0.4, 0.5) is 0 Å². The quantitative estimate of drug-likeness (QED) is 0.179. The van der Waals surface area contributed by atoms with Crippen LogP contribution < -0.4 is 5.73 Å². The molecule has 0 bridgehead atoms. The molecule has 0 aromatic rings. The van der Waals surface area contributed by atoms with E-state index in [1.165, 1.54) is 77.0 Å². The standard InChI is InChI=1S/C21H43NO2S.Na.H/c1-3-4-5-6-7-8-9-10-11-12-13-14-15-16-18-24-21(23)20(22)17-19-25-2;;/h20H,3-19,22H2,1-2H3;;/t20-;;/m0../s1. The third-order valence-corrected chi connectivity index (χ3v) is 5.32. The van der Waals surface area contributed by atoms with E-state index in [1.807, 2.05) is 6.26 Å². The van der Waals surface area contributed by atoms with E-state index in [4.69, 9.17) is 10.5 Å². The summed E-state index contributed by atoms with van der Waals surface area (Å²) in [6.45, 7) is 2.81. The van der Waals surface area contributed by atoms with Crippen LogP contribution in [0, 0.1) is 0 Å². The Hall–Kier alpha value is 0.780. The number of thioether (sulfide) groups is 1. The van der Waals surface area contributed by atoms with Gasteiger partial charge >= 0.3 is 35.5 Å². The Morgan fingerprint density at radius 2 is 1.27 bits per heavy atom. The number of esters is 1. The Kier molecular flexibility index (Phi) is 26.6. The topological polar surface area (TPSA) is 52.3 Å². The fourth-order valence-electron chi connectivity index (χ4n) is 2.94. The van der Waals surface area contributed by atoms with Crippen LogP contribution >= 0.6 is 11.8 Å². The van der Waals surface area contributed by atoms with E-state index < -0.39 is 6.04 Å². The van der Waals surface area contributed by atoms with Gasteiger partial charge in [0, 0.05) is 0 Å². The zero-order valence-electron chi connectivity index (χ0n) is 16.9. The number of hydrogen-bond donors (Lipinski definition) is 1. The number of hydrogen-bond acceptors (Lipinski definition) is 4. The van der Waals surface area contributed by atoms with Crippen molar-refractivity contribution in [3.8, 4) is 0 Å². The summed E-state index contributed by atoms with van der Waals surface area (Å²) in [5, 5.41) is 0. The molecule has 0 aliphatic carbocycles. The van der Waals surface area contributed by atoms with Gasteiger partial charge in [0.1, 0.15) is 6.04 Å². The Balaban J connectivity index is 0. The van der Waals surface area contributed by atoms with Crippen molar-refractivity contribution < 1.29 is 9.53 Å². The molecule has 0 heterocycles. The van der Waals surface area contributed by atoms with Crippen molar-refractivity contribution in [3.63, 3.8) is 0 Å². The zero-order valence-corrected chi connectivity index (χ0v) is 17.7. The molecule has 152 valence electrons. The summed E-state index contributed by atoms with van der Waals surface area (Å²) < 4.78 is 5.23. The van der Waals surface area contributed by atoms with Crippen LogP contribution in [-0.4, -0.2) is 60.2 Å². The summed E-state index contributed by atoms with van der Waals surface area (Å²) in [5.41, 5.74) is 5.78. The summed E-state index contributed by atoms with van der Waals surface area (Å²) in [6.07, 6.45) is 21.4. The molecule has 26 heavy (non-hydrogen) atoms. The second kappa shape index (κ2) is 23.8. The second-order valence-corrected chi connectivity index (χ2v) is 8.14. The first kappa shape index (κ1) is 29.0. The maximum absolute atomic E-state index is 11.6. The van der Waals surface area contributed by atoms with Gasteiger partial charge in [0.25, 0.3) is 0 Å². The number of carbonyl (C=O) groups is 1. The van der Waals surface area contributed by atoms with Crippen molar-refractivity contribution in [3.05, 3.63) is 0 Å². The van der Waals surface area contributed by atoms with Crippen LogP contribution in [0.5, 0.6) is 0 Å². The molecular formula is C21H44NNaO2S. The SMILES string of the molecule is CCCCCCCCCCCCCCCCOC(=O)[C@@H](N)CCSC.[NaH]. The zero-order chi connectivity index (χ0) is 18.6. The predicted molar refractivity (Wildman–Crippen MR) is 119 cm³/mol. The van der Waals surface area contributed by atoms with Crippen LogP contribution in [0.15, 0.2) is 0 Å². The van der Waals surface area contributed by atoms with E-state index in [2.05, 4.69) is 6.92 Å². The molecule has 0 spiro atoms. The summed E-state index contributed by atoms with van der Waals surface area (Å²) in [4.78, 5) is 11.6. The van der Waals surface area contributed by atoms with Crippen molar-refractivity contribution in [1.29, 1.82) is 0 Å². The van der Waals surface area contributed by atoms with Crippen molar-refractivity contribution in [2.75, 3.05) is 18.6 Å². The first-order chi connectivity index (χ1) is 12.2. The third kappa shape index (κ3) is 21.1. The van der Waals surface area contributed by atoms with Gasteiger partial charge in [-0.25, -0.2) is 0 Å². The van der Waals surface area contributed by atoms with Crippen molar-refractivity contribution in [2.24, 2.45) is 5.73 Å². The molecule has 0 aliphatic rings. The van der Waals surface area contributed by atoms with Crippen LogP contribution in [-0.2, 0) is 9.53 Å². The van der Waals surface area contributed by atoms with Gasteiger partial charge in [-0.2, -0.15) is 11.8 Å². The molecule has 0 saturated carbocycles. The van der Waals surface area contributed by atoms with Gasteiger partial charge in [0.2, 0.25) is 0 Å². The average molecular weight is 398 g/mol. The monoisotopic (exact) mass is 397 g/mol. The fraction of sp³-hybridized carbons (Fsp3) is 0.952. The summed E-state index contributed by atoms with van der Waals surface area (Å²) in [5.74, 6) is 0.679. The molecule has 0 unspecified atom stereocenters. The molecule has 0 amide bonds. The number of carbonyl (C=O) groups excluding carboxylic acids is 1. The van der Waals surface area contributed by atoms with Gasteiger partial charge in [0.05, 0.1) is 6.61 Å².